The third-order valence-corrected chi connectivity index (χ3v) is 8.44. The maximum Gasteiger partial charge on any atom is 0.0705 e. The van der Waals surface area contributed by atoms with Gasteiger partial charge in [0.25, 0.3) is 0 Å². The zero-order valence-electron chi connectivity index (χ0n) is 21.4. The zero-order chi connectivity index (χ0) is 25.4. The van der Waals surface area contributed by atoms with E-state index in [4.69, 9.17) is 0 Å². The average molecular weight is 487 g/mol. The van der Waals surface area contributed by atoms with Crippen molar-refractivity contribution in [2.45, 2.75) is 19.3 Å². The topological polar surface area (TPSA) is 17.8 Å². The van der Waals surface area contributed by atoms with Crippen molar-refractivity contribution in [1.29, 1.82) is 0 Å². The molecule has 7 aromatic rings. The lowest BCUT2D eigenvalue weighted by Crippen LogP contribution is -2.15. The fourth-order valence-corrected chi connectivity index (χ4v) is 6.48. The molecule has 2 heterocycles. The van der Waals surface area contributed by atoms with E-state index in [9.17, 15) is 0 Å². The summed E-state index contributed by atoms with van der Waals surface area (Å²) in [6, 6.07) is 42.1. The second-order valence-electron chi connectivity index (χ2n) is 10.9. The van der Waals surface area contributed by atoms with Crippen LogP contribution in [-0.2, 0) is 5.41 Å². The highest BCUT2D eigenvalue weighted by molar-refractivity contribution is 6.09. The summed E-state index contributed by atoms with van der Waals surface area (Å²) in [6.45, 7) is 4.67. The van der Waals surface area contributed by atoms with E-state index in [1.165, 1.54) is 66.3 Å². The molecule has 1 aliphatic carbocycles. The maximum absolute atomic E-state index is 4.62. The van der Waals surface area contributed by atoms with Crippen LogP contribution in [0.4, 0.5) is 0 Å². The number of pyridine rings is 1. The lowest BCUT2D eigenvalue weighted by atomic mass is 9.81. The van der Waals surface area contributed by atoms with E-state index >= 15 is 0 Å². The van der Waals surface area contributed by atoms with Gasteiger partial charge in [0.1, 0.15) is 0 Å². The number of para-hydroxylation sites is 2. The van der Waals surface area contributed by atoms with Gasteiger partial charge >= 0.3 is 0 Å². The molecule has 5 aromatic carbocycles. The predicted molar refractivity (Wildman–Crippen MR) is 159 cm³/mol. The van der Waals surface area contributed by atoms with Crippen LogP contribution in [0.2, 0.25) is 0 Å². The number of rotatable bonds is 2. The van der Waals surface area contributed by atoms with E-state index in [1.807, 2.05) is 12.3 Å². The first-order valence-electron chi connectivity index (χ1n) is 13.2. The van der Waals surface area contributed by atoms with Gasteiger partial charge in [-0.05, 0) is 81.9 Å². The van der Waals surface area contributed by atoms with Gasteiger partial charge in [-0.3, -0.25) is 4.98 Å². The molecule has 0 N–H and O–H groups in total. The van der Waals surface area contributed by atoms with Gasteiger partial charge in [-0.1, -0.05) is 80.6 Å². The molecule has 0 atom stereocenters. The summed E-state index contributed by atoms with van der Waals surface area (Å²) < 4.78 is 2.37. The SMILES string of the molecule is CC1(C)c2cc(-c3ccc(-n4c5ccccc5c5ccccc54)cc3)ccc2-c2cc3cccnc3cc21. The van der Waals surface area contributed by atoms with Crippen LogP contribution in [0.3, 0.4) is 0 Å². The molecule has 0 saturated heterocycles. The first kappa shape index (κ1) is 21.4. The van der Waals surface area contributed by atoms with E-state index in [0.717, 1.165) is 5.52 Å². The summed E-state index contributed by atoms with van der Waals surface area (Å²) in [6.07, 6.45) is 1.88. The third kappa shape index (κ3) is 2.92. The second-order valence-corrected chi connectivity index (χ2v) is 10.9. The quantitative estimate of drug-likeness (QED) is 0.238. The van der Waals surface area contributed by atoms with E-state index in [0.29, 0.717) is 0 Å². The number of nitrogens with zero attached hydrogens (tertiary/aromatic N) is 2. The Morgan fingerprint density at radius 1 is 0.579 bits per heavy atom. The fraction of sp³-hybridized carbons (Fsp3) is 0.0833. The van der Waals surface area contributed by atoms with Gasteiger partial charge in [-0.25, -0.2) is 0 Å². The van der Waals surface area contributed by atoms with Crippen molar-refractivity contribution in [2.24, 2.45) is 0 Å². The monoisotopic (exact) mass is 486 g/mol. The summed E-state index contributed by atoms with van der Waals surface area (Å²) >= 11 is 0. The van der Waals surface area contributed by atoms with Crippen molar-refractivity contribution in [2.75, 3.05) is 0 Å². The van der Waals surface area contributed by atoms with Crippen LogP contribution in [0, 0.1) is 0 Å². The van der Waals surface area contributed by atoms with Gasteiger partial charge in [0, 0.05) is 33.5 Å². The molecule has 1 aliphatic rings. The van der Waals surface area contributed by atoms with Gasteiger partial charge in [0.2, 0.25) is 0 Å². The molecule has 38 heavy (non-hydrogen) atoms. The van der Waals surface area contributed by atoms with E-state index in [2.05, 4.69) is 133 Å². The molecule has 0 radical (unpaired) electrons. The highest BCUT2D eigenvalue weighted by atomic mass is 15.0. The lowest BCUT2D eigenvalue weighted by molar-refractivity contribution is 0.661. The van der Waals surface area contributed by atoms with Crippen LogP contribution in [0.15, 0.2) is 121 Å². The number of fused-ring (bicyclic) bond motifs is 7. The molecule has 2 heteroatoms. The molecule has 0 aliphatic heterocycles. The van der Waals surface area contributed by atoms with Gasteiger partial charge in [0.05, 0.1) is 16.6 Å². The zero-order valence-corrected chi connectivity index (χ0v) is 21.4. The number of benzene rings is 5. The summed E-state index contributed by atoms with van der Waals surface area (Å²) in [4.78, 5) is 4.62. The van der Waals surface area contributed by atoms with Crippen LogP contribution >= 0.6 is 0 Å². The minimum atomic E-state index is -0.0741. The Kier molecular flexibility index (Phi) is 4.31. The molecule has 2 nitrogen and oxygen atoms in total. The van der Waals surface area contributed by atoms with Crippen LogP contribution in [-0.4, -0.2) is 9.55 Å². The molecule has 180 valence electrons. The summed E-state index contributed by atoms with van der Waals surface area (Å²) in [5, 5.41) is 3.77. The van der Waals surface area contributed by atoms with Gasteiger partial charge in [-0.15, -0.1) is 0 Å². The number of aromatic nitrogens is 2. The molecule has 0 amide bonds. The Morgan fingerprint density at radius 2 is 1.24 bits per heavy atom. The standard InChI is InChI=1S/C36H26N2/c1-36(2)31-21-24(15-18-27(31)30-20-25-8-7-19-37-33(25)22-32(30)36)23-13-16-26(17-14-23)38-34-11-5-3-9-28(34)29-10-4-6-12-35(29)38/h3-22H,1-2H3. The van der Waals surface area contributed by atoms with Crippen molar-refractivity contribution < 1.29 is 0 Å². The first-order valence-corrected chi connectivity index (χ1v) is 13.2. The molecule has 0 saturated carbocycles. The number of hydrogen-bond acceptors (Lipinski definition) is 1. The summed E-state index contributed by atoms with van der Waals surface area (Å²) in [5.74, 6) is 0. The van der Waals surface area contributed by atoms with Crippen LogP contribution in [0.5, 0.6) is 0 Å². The Morgan fingerprint density at radius 3 is 1.97 bits per heavy atom. The minimum Gasteiger partial charge on any atom is -0.309 e. The smallest absolute Gasteiger partial charge is 0.0705 e. The van der Waals surface area contributed by atoms with E-state index in [1.54, 1.807) is 0 Å². The third-order valence-electron chi connectivity index (χ3n) is 8.44. The van der Waals surface area contributed by atoms with Gasteiger partial charge < -0.3 is 4.57 Å². The summed E-state index contributed by atoms with van der Waals surface area (Å²) in [7, 11) is 0. The van der Waals surface area contributed by atoms with Crippen LogP contribution < -0.4 is 0 Å². The molecule has 0 spiro atoms. The van der Waals surface area contributed by atoms with Crippen molar-refractivity contribution >= 4 is 32.7 Å². The maximum atomic E-state index is 4.62. The molecule has 0 fully saturated rings. The Labute approximate surface area is 221 Å². The average Bonchev–Trinajstić information content (AvgIpc) is 3.41. The van der Waals surface area contributed by atoms with Crippen molar-refractivity contribution in [3.63, 3.8) is 0 Å². The Balaban J connectivity index is 1.23. The van der Waals surface area contributed by atoms with Crippen LogP contribution in [0.25, 0.3) is 60.6 Å². The molecule has 0 unspecified atom stereocenters. The number of hydrogen-bond donors (Lipinski definition) is 0. The minimum absolute atomic E-state index is 0.0741. The molecule has 8 rings (SSSR count). The normalized spacial score (nSPS) is 13.7. The van der Waals surface area contributed by atoms with Crippen molar-refractivity contribution in [3.05, 3.63) is 133 Å². The summed E-state index contributed by atoms with van der Waals surface area (Å²) in [5.41, 5.74) is 12.5. The van der Waals surface area contributed by atoms with Crippen LogP contribution in [0.1, 0.15) is 25.0 Å². The van der Waals surface area contributed by atoms with Crippen molar-refractivity contribution in [3.8, 4) is 27.9 Å². The first-order chi connectivity index (χ1) is 18.6. The van der Waals surface area contributed by atoms with E-state index in [-0.39, 0.29) is 5.41 Å². The Bertz CT molecular complexity index is 1990. The molecular formula is C36H26N2. The van der Waals surface area contributed by atoms with E-state index < -0.39 is 0 Å². The fourth-order valence-electron chi connectivity index (χ4n) is 6.48. The van der Waals surface area contributed by atoms with Gasteiger partial charge in [0.15, 0.2) is 0 Å². The largest absolute Gasteiger partial charge is 0.309 e. The lowest BCUT2D eigenvalue weighted by Gasteiger charge is -2.22. The molecular weight excluding hydrogens is 460 g/mol. The van der Waals surface area contributed by atoms with Crippen molar-refractivity contribution in [1.82, 2.24) is 9.55 Å². The van der Waals surface area contributed by atoms with Gasteiger partial charge in [-0.2, -0.15) is 0 Å². The molecule has 2 aromatic heterocycles. The Hall–Kier alpha value is -4.69. The predicted octanol–water partition coefficient (Wildman–Crippen LogP) is 9.31. The highest BCUT2D eigenvalue weighted by Crippen LogP contribution is 2.50. The second kappa shape index (κ2) is 7.66. The highest BCUT2D eigenvalue weighted by Gasteiger charge is 2.36. The molecule has 0 bridgehead atoms.